The van der Waals surface area contributed by atoms with Crippen LogP contribution in [0.25, 0.3) is 0 Å². The first-order chi connectivity index (χ1) is 4.64. The number of hydrogen-bond donors (Lipinski definition) is 0. The largest absolute Gasteiger partial charge is 0.232 e. The van der Waals surface area contributed by atoms with Crippen LogP contribution in [0.3, 0.4) is 0 Å². The predicted molar refractivity (Wildman–Crippen MR) is 40.0 cm³/mol. The summed E-state index contributed by atoms with van der Waals surface area (Å²) in [6.07, 6.45) is 1.73. The van der Waals surface area contributed by atoms with Gasteiger partial charge in [0, 0.05) is 6.54 Å². The lowest BCUT2D eigenvalue weighted by molar-refractivity contribution is 0.524. The van der Waals surface area contributed by atoms with Gasteiger partial charge in [0.15, 0.2) is 0 Å². The molecule has 60 valence electrons. The average Bonchev–Trinajstić information content (AvgIpc) is 2.36. The Morgan fingerprint density at radius 2 is 2.00 bits per heavy atom. The van der Waals surface area contributed by atoms with E-state index in [1.54, 1.807) is 0 Å². The van der Waals surface area contributed by atoms with Crippen molar-refractivity contribution in [3.05, 3.63) is 0 Å². The second-order valence-electron chi connectivity index (χ2n) is 2.49. The van der Waals surface area contributed by atoms with E-state index in [1.807, 2.05) is 13.8 Å². The zero-order valence-electron chi connectivity index (χ0n) is 6.37. The van der Waals surface area contributed by atoms with Crippen molar-refractivity contribution in [2.75, 3.05) is 6.54 Å². The number of sulfonamides is 1. The molecule has 1 saturated heterocycles. The van der Waals surface area contributed by atoms with E-state index in [4.69, 9.17) is 0 Å². The van der Waals surface area contributed by atoms with Gasteiger partial charge in [-0.1, -0.05) is 20.3 Å². The molecule has 0 spiro atoms. The van der Waals surface area contributed by atoms with E-state index in [9.17, 15) is 8.42 Å². The average molecular weight is 163 g/mol. The molecule has 1 rings (SSSR count). The summed E-state index contributed by atoms with van der Waals surface area (Å²) in [5.41, 5.74) is 0. The van der Waals surface area contributed by atoms with Crippen molar-refractivity contribution in [2.24, 2.45) is 0 Å². The lowest BCUT2D eigenvalue weighted by Crippen LogP contribution is -1.99. The molecule has 0 N–H and O–H groups in total. The van der Waals surface area contributed by atoms with Gasteiger partial charge in [0.1, 0.15) is 5.37 Å². The van der Waals surface area contributed by atoms with Gasteiger partial charge in [-0.05, 0) is 6.42 Å². The third kappa shape index (κ3) is 1.06. The molecule has 0 aromatic heterocycles. The highest BCUT2D eigenvalue weighted by atomic mass is 32.2. The Morgan fingerprint density at radius 3 is 2.30 bits per heavy atom. The van der Waals surface area contributed by atoms with Crippen molar-refractivity contribution >= 4 is 10.0 Å². The molecule has 0 saturated carbocycles. The van der Waals surface area contributed by atoms with Gasteiger partial charge in [-0.25, -0.2) is 8.42 Å². The summed E-state index contributed by atoms with van der Waals surface area (Å²) in [6, 6.07) is 0. The van der Waals surface area contributed by atoms with Crippen LogP contribution in [-0.4, -0.2) is 24.6 Å². The number of rotatable bonds is 3. The third-order valence-electron chi connectivity index (χ3n) is 1.79. The van der Waals surface area contributed by atoms with Gasteiger partial charge in [0.25, 0.3) is 0 Å². The van der Waals surface area contributed by atoms with E-state index in [0.717, 1.165) is 12.8 Å². The molecule has 1 heterocycles. The first kappa shape index (κ1) is 8.01. The molecule has 0 bridgehead atoms. The molecule has 2 atom stereocenters. The monoisotopic (exact) mass is 163 g/mol. The molecular formula is C6H13NO2S. The van der Waals surface area contributed by atoms with Gasteiger partial charge < -0.3 is 0 Å². The van der Waals surface area contributed by atoms with E-state index in [-0.39, 0.29) is 5.37 Å². The molecule has 4 heteroatoms. The lowest BCUT2D eigenvalue weighted by Gasteiger charge is -1.87. The quantitative estimate of drug-likeness (QED) is 0.576. The summed E-state index contributed by atoms with van der Waals surface area (Å²) in [4.78, 5) is 0. The molecule has 0 aromatic carbocycles. The molecule has 0 aliphatic carbocycles. The van der Waals surface area contributed by atoms with Crippen LogP contribution >= 0.6 is 0 Å². The van der Waals surface area contributed by atoms with Crippen LogP contribution in [0.2, 0.25) is 0 Å². The second-order valence-corrected chi connectivity index (χ2v) is 4.53. The van der Waals surface area contributed by atoms with Gasteiger partial charge >= 0.3 is 0 Å². The minimum atomic E-state index is -2.78. The number of nitrogens with zero attached hydrogens (tertiary/aromatic N) is 1. The van der Waals surface area contributed by atoms with E-state index < -0.39 is 10.0 Å². The van der Waals surface area contributed by atoms with Gasteiger partial charge in [-0.2, -0.15) is 4.31 Å². The van der Waals surface area contributed by atoms with Gasteiger partial charge in [-0.3, -0.25) is 0 Å². The standard InChI is InChI=1S/C6H13NO2S/c1-3-5-6-7(4-2)10(6,8)9/h6H,3-5H2,1-2H3. The van der Waals surface area contributed by atoms with E-state index in [1.165, 1.54) is 4.31 Å². The molecule has 2 unspecified atom stereocenters. The normalized spacial score (nSPS) is 35.8. The summed E-state index contributed by atoms with van der Waals surface area (Å²) < 4.78 is 23.4. The molecule has 1 fully saturated rings. The molecule has 10 heavy (non-hydrogen) atoms. The Balaban J connectivity index is 2.54. The summed E-state index contributed by atoms with van der Waals surface area (Å²) in [6.45, 7) is 4.50. The van der Waals surface area contributed by atoms with Crippen LogP contribution in [0.15, 0.2) is 0 Å². The fourth-order valence-corrected chi connectivity index (χ4v) is 3.14. The zero-order valence-corrected chi connectivity index (χ0v) is 7.19. The second kappa shape index (κ2) is 2.51. The van der Waals surface area contributed by atoms with Gasteiger partial charge in [0.05, 0.1) is 0 Å². The predicted octanol–water partition coefficient (Wildman–Crippen LogP) is 0.778. The summed E-state index contributed by atoms with van der Waals surface area (Å²) in [7, 11) is -2.78. The molecule has 0 amide bonds. The van der Waals surface area contributed by atoms with Crippen molar-refractivity contribution in [3.8, 4) is 0 Å². The van der Waals surface area contributed by atoms with E-state index >= 15 is 0 Å². The highest BCUT2D eigenvalue weighted by molar-refractivity contribution is 7.95. The van der Waals surface area contributed by atoms with Gasteiger partial charge in [-0.15, -0.1) is 0 Å². The molecule has 1 aliphatic rings. The highest BCUT2D eigenvalue weighted by Gasteiger charge is 2.52. The van der Waals surface area contributed by atoms with Crippen LogP contribution in [0.4, 0.5) is 0 Å². The minimum absolute atomic E-state index is 0.150. The van der Waals surface area contributed by atoms with Crippen LogP contribution < -0.4 is 0 Å². The highest BCUT2D eigenvalue weighted by Crippen LogP contribution is 2.33. The first-order valence-electron chi connectivity index (χ1n) is 3.65. The Bertz CT molecular complexity index is 210. The van der Waals surface area contributed by atoms with Crippen molar-refractivity contribution in [1.82, 2.24) is 4.31 Å². The van der Waals surface area contributed by atoms with Gasteiger partial charge in [0.2, 0.25) is 10.0 Å². The minimum Gasteiger partial charge on any atom is -0.210 e. The Hall–Kier alpha value is -0.0900. The molecule has 0 radical (unpaired) electrons. The summed E-state index contributed by atoms with van der Waals surface area (Å²) in [5, 5.41) is -0.150. The Morgan fingerprint density at radius 1 is 1.40 bits per heavy atom. The van der Waals surface area contributed by atoms with Crippen molar-refractivity contribution in [3.63, 3.8) is 0 Å². The van der Waals surface area contributed by atoms with E-state index in [2.05, 4.69) is 0 Å². The zero-order chi connectivity index (χ0) is 7.78. The smallest absolute Gasteiger partial charge is 0.210 e. The molecule has 0 aromatic rings. The van der Waals surface area contributed by atoms with E-state index in [0.29, 0.717) is 6.54 Å². The third-order valence-corrected chi connectivity index (χ3v) is 3.92. The molecule has 3 nitrogen and oxygen atoms in total. The molecular weight excluding hydrogens is 150 g/mol. The van der Waals surface area contributed by atoms with Crippen molar-refractivity contribution in [2.45, 2.75) is 32.1 Å². The molecule has 1 aliphatic heterocycles. The van der Waals surface area contributed by atoms with Crippen molar-refractivity contribution in [1.29, 1.82) is 0 Å². The Labute approximate surface area is 62.1 Å². The maximum Gasteiger partial charge on any atom is 0.232 e. The summed E-state index contributed by atoms with van der Waals surface area (Å²) in [5.74, 6) is 0. The van der Waals surface area contributed by atoms with Crippen LogP contribution in [0.1, 0.15) is 26.7 Å². The van der Waals surface area contributed by atoms with Crippen LogP contribution in [0, 0.1) is 0 Å². The van der Waals surface area contributed by atoms with Crippen LogP contribution in [0.5, 0.6) is 0 Å². The van der Waals surface area contributed by atoms with Crippen molar-refractivity contribution < 1.29 is 8.42 Å². The fourth-order valence-electron chi connectivity index (χ4n) is 1.21. The van der Waals surface area contributed by atoms with Crippen LogP contribution in [-0.2, 0) is 10.0 Å². The topological polar surface area (TPSA) is 37.1 Å². The fraction of sp³-hybridized carbons (Fsp3) is 1.00. The lowest BCUT2D eigenvalue weighted by atomic mass is 10.3. The maximum absolute atomic E-state index is 11.0. The summed E-state index contributed by atoms with van der Waals surface area (Å²) >= 11 is 0. The Kier molecular flexibility index (Phi) is 2.01. The maximum atomic E-state index is 11.0. The number of hydrogen-bond acceptors (Lipinski definition) is 2. The SMILES string of the molecule is CCCC1N(CC)S1(=O)=O. The first-order valence-corrected chi connectivity index (χ1v) is 5.15.